The molecule has 37 heavy (non-hydrogen) atoms. The van der Waals surface area contributed by atoms with Gasteiger partial charge in [-0.2, -0.15) is 0 Å². The van der Waals surface area contributed by atoms with E-state index in [9.17, 15) is 18.0 Å². The summed E-state index contributed by atoms with van der Waals surface area (Å²) in [6.07, 6.45) is 6.23. The summed E-state index contributed by atoms with van der Waals surface area (Å²) < 4.78 is 31.5. The highest BCUT2D eigenvalue weighted by Crippen LogP contribution is 2.22. The number of para-hydroxylation sites is 1. The Morgan fingerprint density at radius 2 is 1.78 bits per heavy atom. The minimum Gasteiger partial charge on any atom is -0.497 e. The van der Waals surface area contributed by atoms with Crippen molar-refractivity contribution < 1.29 is 22.7 Å². The Bertz CT molecular complexity index is 1130. The van der Waals surface area contributed by atoms with E-state index in [1.807, 2.05) is 37.3 Å². The van der Waals surface area contributed by atoms with E-state index in [1.165, 1.54) is 4.31 Å². The predicted octanol–water partition coefficient (Wildman–Crippen LogP) is 4.11. The van der Waals surface area contributed by atoms with Crippen LogP contribution >= 0.6 is 0 Å². The normalized spacial score (nSPS) is 14.7. The lowest BCUT2D eigenvalue weighted by Gasteiger charge is -2.32. The van der Waals surface area contributed by atoms with Crippen molar-refractivity contribution in [3.05, 3.63) is 60.2 Å². The first-order chi connectivity index (χ1) is 17.7. The largest absolute Gasteiger partial charge is 0.497 e. The number of amides is 2. The van der Waals surface area contributed by atoms with Crippen molar-refractivity contribution in [2.75, 3.05) is 24.2 Å². The maximum Gasteiger partial charge on any atom is 0.243 e. The molecule has 0 unspecified atom stereocenters. The van der Waals surface area contributed by atoms with Crippen LogP contribution in [-0.2, 0) is 26.2 Å². The van der Waals surface area contributed by atoms with Crippen molar-refractivity contribution in [1.82, 2.24) is 10.2 Å². The molecule has 2 aromatic carbocycles. The zero-order valence-electron chi connectivity index (χ0n) is 22.1. The van der Waals surface area contributed by atoms with Gasteiger partial charge in [0, 0.05) is 25.6 Å². The summed E-state index contributed by atoms with van der Waals surface area (Å²) in [5.41, 5.74) is 1.43. The fourth-order valence-corrected chi connectivity index (χ4v) is 5.82. The lowest BCUT2D eigenvalue weighted by molar-refractivity contribution is -0.141. The molecule has 8 nitrogen and oxygen atoms in total. The van der Waals surface area contributed by atoms with Crippen LogP contribution in [0.4, 0.5) is 5.69 Å². The second-order valence-electron chi connectivity index (χ2n) is 9.56. The highest BCUT2D eigenvalue weighted by Gasteiger charge is 2.30. The molecule has 2 aromatic rings. The average molecular weight is 530 g/mol. The van der Waals surface area contributed by atoms with E-state index in [1.54, 1.807) is 36.3 Å². The molecule has 1 aliphatic rings. The van der Waals surface area contributed by atoms with Crippen LogP contribution in [0.25, 0.3) is 0 Å². The first kappa shape index (κ1) is 28.5. The van der Waals surface area contributed by atoms with Gasteiger partial charge < -0.3 is 15.0 Å². The third-order valence-electron chi connectivity index (χ3n) is 6.77. The number of methoxy groups -OCH3 is 1. The molecule has 1 aliphatic carbocycles. The molecule has 1 saturated carbocycles. The van der Waals surface area contributed by atoms with Gasteiger partial charge in [0.05, 0.1) is 19.1 Å². The van der Waals surface area contributed by atoms with Gasteiger partial charge in [0.2, 0.25) is 21.8 Å². The minimum absolute atomic E-state index is 0.121. The molecule has 202 valence electrons. The molecule has 1 fully saturated rings. The number of sulfonamides is 1. The van der Waals surface area contributed by atoms with E-state index in [0.717, 1.165) is 37.5 Å². The van der Waals surface area contributed by atoms with Gasteiger partial charge >= 0.3 is 0 Å². The topological polar surface area (TPSA) is 96.0 Å². The molecule has 9 heteroatoms. The molecule has 1 N–H and O–H groups in total. The number of hydrogen-bond acceptors (Lipinski definition) is 5. The van der Waals surface area contributed by atoms with Crippen LogP contribution in [0, 0.1) is 0 Å². The lowest BCUT2D eigenvalue weighted by atomic mass is 10.1. The van der Waals surface area contributed by atoms with Crippen LogP contribution < -0.4 is 14.4 Å². The van der Waals surface area contributed by atoms with Crippen LogP contribution in [-0.4, -0.2) is 57.1 Å². The molecule has 2 amide bonds. The molecular formula is C28H39N3O5S. The first-order valence-corrected chi connectivity index (χ1v) is 14.8. The Kier molecular flexibility index (Phi) is 10.4. The van der Waals surface area contributed by atoms with Crippen molar-refractivity contribution in [2.45, 2.75) is 70.5 Å². The molecule has 0 saturated heterocycles. The molecule has 0 heterocycles. The minimum atomic E-state index is -3.51. The number of carbonyl (C=O) groups excluding carboxylic acids is 2. The van der Waals surface area contributed by atoms with E-state index in [2.05, 4.69) is 5.32 Å². The van der Waals surface area contributed by atoms with Crippen LogP contribution in [0.2, 0.25) is 0 Å². The third kappa shape index (κ3) is 8.21. The van der Waals surface area contributed by atoms with Gasteiger partial charge in [-0.15, -0.1) is 0 Å². The highest BCUT2D eigenvalue weighted by molar-refractivity contribution is 7.92. The Morgan fingerprint density at radius 3 is 2.41 bits per heavy atom. The molecule has 0 radical (unpaired) electrons. The number of rotatable bonds is 13. The van der Waals surface area contributed by atoms with Crippen molar-refractivity contribution in [2.24, 2.45) is 0 Å². The van der Waals surface area contributed by atoms with Gasteiger partial charge in [0.1, 0.15) is 11.8 Å². The van der Waals surface area contributed by atoms with Crippen molar-refractivity contribution in [1.29, 1.82) is 0 Å². The summed E-state index contributed by atoms with van der Waals surface area (Å²) in [5.74, 6) is 0.366. The molecule has 0 aliphatic heterocycles. The molecule has 1 atom stereocenters. The van der Waals surface area contributed by atoms with Crippen LogP contribution in [0.1, 0.15) is 57.4 Å². The summed E-state index contributed by atoms with van der Waals surface area (Å²) in [6, 6.07) is 15.9. The average Bonchev–Trinajstić information content (AvgIpc) is 3.39. The number of nitrogens with one attached hydrogen (secondary N) is 1. The maximum absolute atomic E-state index is 13.6. The standard InChI is InChI=1S/C28H39N3O5S/c1-4-26(28(33)29-23-13-8-9-14-23)30(21-22-12-10-17-25(20-22)36-2)27(32)18-11-19-31(37(3,34)35)24-15-6-5-7-16-24/h5-7,10,12,15-17,20,23,26H,4,8-9,11,13-14,18-19,21H2,1-3H3,(H,29,33)/t26-/m0/s1. The quantitative estimate of drug-likeness (QED) is 0.421. The SMILES string of the molecule is CC[C@@H](C(=O)NC1CCCC1)N(Cc1cccc(OC)c1)C(=O)CCCN(c1ccccc1)S(C)(=O)=O. The summed E-state index contributed by atoms with van der Waals surface area (Å²) in [5, 5.41) is 3.14. The smallest absolute Gasteiger partial charge is 0.243 e. The summed E-state index contributed by atoms with van der Waals surface area (Å²) in [7, 11) is -1.92. The zero-order valence-corrected chi connectivity index (χ0v) is 22.9. The van der Waals surface area contributed by atoms with Crippen molar-refractivity contribution in [3.8, 4) is 5.75 Å². The lowest BCUT2D eigenvalue weighted by Crippen LogP contribution is -2.51. The molecule has 0 bridgehead atoms. The Hall–Kier alpha value is -3.07. The number of ether oxygens (including phenoxy) is 1. The molecule has 0 aromatic heterocycles. The van der Waals surface area contributed by atoms with Crippen LogP contribution in [0.15, 0.2) is 54.6 Å². The zero-order chi connectivity index (χ0) is 26.8. The van der Waals surface area contributed by atoms with E-state index >= 15 is 0 Å². The summed E-state index contributed by atoms with van der Waals surface area (Å²) in [4.78, 5) is 28.5. The monoisotopic (exact) mass is 529 g/mol. The first-order valence-electron chi connectivity index (χ1n) is 13.0. The number of hydrogen-bond donors (Lipinski definition) is 1. The number of benzene rings is 2. The predicted molar refractivity (Wildman–Crippen MR) is 146 cm³/mol. The Labute approximate surface area is 221 Å². The van der Waals surface area contributed by atoms with E-state index < -0.39 is 16.1 Å². The van der Waals surface area contributed by atoms with Gasteiger partial charge in [0.25, 0.3) is 0 Å². The van der Waals surface area contributed by atoms with Crippen LogP contribution in [0.3, 0.4) is 0 Å². The maximum atomic E-state index is 13.6. The Balaban J connectivity index is 1.76. The highest BCUT2D eigenvalue weighted by atomic mass is 32.2. The third-order valence-corrected chi connectivity index (χ3v) is 7.96. The van der Waals surface area contributed by atoms with Gasteiger partial charge in [-0.3, -0.25) is 13.9 Å². The summed E-state index contributed by atoms with van der Waals surface area (Å²) >= 11 is 0. The number of nitrogens with zero attached hydrogens (tertiary/aromatic N) is 2. The van der Waals surface area contributed by atoms with Gasteiger partial charge in [-0.25, -0.2) is 8.42 Å². The van der Waals surface area contributed by atoms with Crippen LogP contribution in [0.5, 0.6) is 5.75 Å². The fraction of sp³-hybridized carbons (Fsp3) is 0.500. The van der Waals surface area contributed by atoms with Crippen molar-refractivity contribution in [3.63, 3.8) is 0 Å². The Morgan fingerprint density at radius 1 is 1.08 bits per heavy atom. The van der Waals surface area contributed by atoms with E-state index in [-0.39, 0.29) is 37.4 Å². The van der Waals surface area contributed by atoms with Gasteiger partial charge in [-0.1, -0.05) is 50.1 Å². The number of anilines is 1. The molecule has 3 rings (SSSR count). The van der Waals surface area contributed by atoms with Crippen molar-refractivity contribution >= 4 is 27.5 Å². The fourth-order valence-electron chi connectivity index (χ4n) is 4.85. The number of carbonyl (C=O) groups is 2. The second kappa shape index (κ2) is 13.5. The van der Waals surface area contributed by atoms with Gasteiger partial charge in [0.15, 0.2) is 0 Å². The molecular weight excluding hydrogens is 490 g/mol. The summed E-state index contributed by atoms with van der Waals surface area (Å²) in [6.45, 7) is 2.35. The molecule has 0 spiro atoms. The second-order valence-corrected chi connectivity index (χ2v) is 11.5. The van der Waals surface area contributed by atoms with Gasteiger partial charge in [-0.05, 0) is 55.5 Å². The van der Waals surface area contributed by atoms with E-state index in [0.29, 0.717) is 24.3 Å². The van der Waals surface area contributed by atoms with E-state index in [4.69, 9.17) is 4.74 Å².